The lowest BCUT2D eigenvalue weighted by atomic mass is 10.1. The van der Waals surface area contributed by atoms with E-state index in [1.165, 1.54) is 24.6 Å². The first-order valence-corrected chi connectivity index (χ1v) is 12.3. The number of anilines is 1. The number of benzene rings is 3. The van der Waals surface area contributed by atoms with Crippen LogP contribution in [0.25, 0.3) is 0 Å². The smallest absolute Gasteiger partial charge is 0.262 e. The molecule has 0 atom stereocenters. The van der Waals surface area contributed by atoms with E-state index in [4.69, 9.17) is 0 Å². The lowest BCUT2D eigenvalue weighted by Gasteiger charge is -2.35. The van der Waals surface area contributed by atoms with Gasteiger partial charge >= 0.3 is 0 Å². The Labute approximate surface area is 193 Å². The number of aryl methyl sites for hydroxylation is 1. The molecule has 0 spiro atoms. The number of hydrogen-bond acceptors (Lipinski definition) is 4. The van der Waals surface area contributed by atoms with Crippen molar-refractivity contribution >= 4 is 21.6 Å². The van der Waals surface area contributed by atoms with Crippen molar-refractivity contribution in [3.63, 3.8) is 0 Å². The van der Waals surface area contributed by atoms with Crippen molar-refractivity contribution in [3.05, 3.63) is 95.3 Å². The van der Waals surface area contributed by atoms with Gasteiger partial charge in [0, 0.05) is 32.7 Å². The number of piperazine rings is 1. The van der Waals surface area contributed by atoms with Crippen molar-refractivity contribution in [1.82, 2.24) is 9.80 Å². The van der Waals surface area contributed by atoms with Crippen molar-refractivity contribution < 1.29 is 17.6 Å². The van der Waals surface area contributed by atoms with Gasteiger partial charge in [0.25, 0.3) is 15.9 Å². The first kappa shape index (κ1) is 22.9. The maximum Gasteiger partial charge on any atom is 0.262 e. The average Bonchev–Trinajstić information content (AvgIpc) is 2.80. The third-order valence-corrected chi connectivity index (χ3v) is 7.26. The van der Waals surface area contributed by atoms with Gasteiger partial charge in [-0.3, -0.25) is 14.4 Å². The van der Waals surface area contributed by atoms with Crippen molar-refractivity contribution in [2.24, 2.45) is 0 Å². The SMILES string of the molecule is Cc1cc(F)ccc1S(=O)(=O)Nc1ccccc1C(=O)N1CCN(Cc2ccccc2)CC1. The highest BCUT2D eigenvalue weighted by atomic mass is 32.2. The molecule has 0 unspecified atom stereocenters. The highest BCUT2D eigenvalue weighted by Crippen LogP contribution is 2.24. The van der Waals surface area contributed by atoms with Gasteiger partial charge in [0.2, 0.25) is 0 Å². The van der Waals surface area contributed by atoms with Gasteiger partial charge in [0.1, 0.15) is 5.82 Å². The number of rotatable bonds is 6. The fourth-order valence-corrected chi connectivity index (χ4v) is 5.30. The first-order chi connectivity index (χ1) is 15.8. The molecule has 3 aromatic carbocycles. The Morgan fingerprint density at radius 1 is 0.939 bits per heavy atom. The summed E-state index contributed by atoms with van der Waals surface area (Å²) < 4.78 is 41.8. The fraction of sp³-hybridized carbons (Fsp3) is 0.240. The zero-order valence-corrected chi connectivity index (χ0v) is 19.2. The molecule has 0 aliphatic carbocycles. The lowest BCUT2D eigenvalue weighted by molar-refractivity contribution is 0.0629. The summed E-state index contributed by atoms with van der Waals surface area (Å²) in [5.74, 6) is -0.725. The predicted octanol–water partition coefficient (Wildman–Crippen LogP) is 3.89. The molecule has 1 aliphatic rings. The highest BCUT2D eigenvalue weighted by molar-refractivity contribution is 7.92. The number of amides is 1. The molecule has 0 aromatic heterocycles. The molecule has 1 fully saturated rings. The zero-order chi connectivity index (χ0) is 23.4. The molecule has 0 saturated carbocycles. The Morgan fingerprint density at radius 2 is 1.61 bits per heavy atom. The minimum absolute atomic E-state index is 0.0271. The number of hydrogen-bond donors (Lipinski definition) is 1. The van der Waals surface area contributed by atoms with Crippen LogP contribution in [0.1, 0.15) is 21.5 Å². The van der Waals surface area contributed by atoms with E-state index in [0.717, 1.165) is 25.7 Å². The number of halogens is 1. The summed E-state index contributed by atoms with van der Waals surface area (Å²) in [6.07, 6.45) is 0. The van der Waals surface area contributed by atoms with E-state index in [0.29, 0.717) is 18.7 Å². The van der Waals surface area contributed by atoms with E-state index in [2.05, 4.69) is 21.8 Å². The Balaban J connectivity index is 1.46. The monoisotopic (exact) mass is 467 g/mol. The number of carbonyl (C=O) groups is 1. The Hall–Kier alpha value is -3.23. The van der Waals surface area contributed by atoms with Crippen LogP contribution in [0.4, 0.5) is 10.1 Å². The standard InChI is InChI=1S/C25H26FN3O3S/c1-19-17-21(26)11-12-24(19)33(31,32)27-23-10-6-5-9-22(23)25(30)29-15-13-28(14-16-29)18-20-7-3-2-4-8-20/h2-12,17,27H,13-16,18H2,1H3. The molecule has 1 heterocycles. The second kappa shape index (κ2) is 9.72. The maximum atomic E-state index is 13.4. The predicted molar refractivity (Wildman–Crippen MR) is 126 cm³/mol. The fourth-order valence-electron chi connectivity index (χ4n) is 3.99. The first-order valence-electron chi connectivity index (χ1n) is 10.8. The van der Waals surface area contributed by atoms with Crippen molar-refractivity contribution in [1.29, 1.82) is 0 Å². The summed E-state index contributed by atoms with van der Waals surface area (Å²) in [5.41, 5.74) is 2.02. The second-order valence-electron chi connectivity index (χ2n) is 8.11. The van der Waals surface area contributed by atoms with Gasteiger partial charge in [-0.2, -0.15) is 0 Å². The molecule has 6 nitrogen and oxygen atoms in total. The van der Waals surface area contributed by atoms with Crippen LogP contribution in [0.15, 0.2) is 77.7 Å². The number of carbonyl (C=O) groups excluding carboxylic acids is 1. The molecule has 4 rings (SSSR count). The van der Waals surface area contributed by atoms with Crippen molar-refractivity contribution in [3.8, 4) is 0 Å². The van der Waals surface area contributed by atoms with Crippen LogP contribution >= 0.6 is 0 Å². The third-order valence-electron chi connectivity index (χ3n) is 5.74. The van der Waals surface area contributed by atoms with Crippen LogP contribution in [0.2, 0.25) is 0 Å². The molecular weight excluding hydrogens is 441 g/mol. The summed E-state index contributed by atoms with van der Waals surface area (Å²) in [5, 5.41) is 0. The molecule has 1 N–H and O–H groups in total. The zero-order valence-electron chi connectivity index (χ0n) is 18.4. The quantitative estimate of drug-likeness (QED) is 0.597. The van der Waals surface area contributed by atoms with Crippen molar-refractivity contribution in [2.45, 2.75) is 18.4 Å². The molecule has 0 bridgehead atoms. The molecule has 33 heavy (non-hydrogen) atoms. The van der Waals surface area contributed by atoms with Gasteiger partial charge in [0.15, 0.2) is 0 Å². The molecular formula is C25H26FN3O3S. The van der Waals surface area contributed by atoms with E-state index in [1.54, 1.807) is 29.2 Å². The number of nitrogens with one attached hydrogen (secondary N) is 1. The van der Waals surface area contributed by atoms with E-state index in [-0.39, 0.29) is 22.1 Å². The molecule has 1 saturated heterocycles. The third kappa shape index (κ3) is 5.40. The topological polar surface area (TPSA) is 69.7 Å². The van der Waals surface area contributed by atoms with Crippen LogP contribution < -0.4 is 4.72 Å². The Kier molecular flexibility index (Phi) is 6.76. The lowest BCUT2D eigenvalue weighted by Crippen LogP contribution is -2.48. The minimum Gasteiger partial charge on any atom is -0.336 e. The molecule has 3 aromatic rings. The van der Waals surface area contributed by atoms with Gasteiger partial charge in [-0.25, -0.2) is 12.8 Å². The molecule has 1 aliphatic heterocycles. The minimum atomic E-state index is -3.99. The molecule has 0 radical (unpaired) electrons. The van der Waals surface area contributed by atoms with Crippen LogP contribution in [-0.4, -0.2) is 50.3 Å². The van der Waals surface area contributed by atoms with Gasteiger partial charge in [-0.15, -0.1) is 0 Å². The van der Waals surface area contributed by atoms with E-state index >= 15 is 0 Å². The Bertz CT molecular complexity index is 1240. The number of nitrogens with zero attached hydrogens (tertiary/aromatic N) is 2. The maximum absolute atomic E-state index is 13.4. The normalized spacial score (nSPS) is 14.8. The van der Waals surface area contributed by atoms with Crippen LogP contribution in [0, 0.1) is 12.7 Å². The highest BCUT2D eigenvalue weighted by Gasteiger charge is 2.26. The van der Waals surface area contributed by atoms with Gasteiger partial charge in [-0.05, 0) is 48.4 Å². The summed E-state index contributed by atoms with van der Waals surface area (Å²) in [6.45, 7) is 4.96. The number of sulfonamides is 1. The van der Waals surface area contributed by atoms with Gasteiger partial charge in [-0.1, -0.05) is 42.5 Å². The summed E-state index contributed by atoms with van der Waals surface area (Å²) >= 11 is 0. The molecule has 172 valence electrons. The summed E-state index contributed by atoms with van der Waals surface area (Å²) in [6, 6.07) is 20.3. The van der Waals surface area contributed by atoms with Crippen LogP contribution in [0.3, 0.4) is 0 Å². The van der Waals surface area contributed by atoms with Crippen molar-refractivity contribution in [2.75, 3.05) is 30.9 Å². The van der Waals surface area contributed by atoms with E-state index < -0.39 is 15.8 Å². The van der Waals surface area contributed by atoms with Gasteiger partial charge in [0.05, 0.1) is 16.1 Å². The second-order valence-corrected chi connectivity index (χ2v) is 9.77. The molecule has 1 amide bonds. The van der Waals surface area contributed by atoms with E-state index in [9.17, 15) is 17.6 Å². The summed E-state index contributed by atoms with van der Waals surface area (Å²) in [7, 11) is -3.99. The van der Waals surface area contributed by atoms with Gasteiger partial charge < -0.3 is 4.90 Å². The van der Waals surface area contributed by atoms with Crippen LogP contribution in [-0.2, 0) is 16.6 Å². The van der Waals surface area contributed by atoms with Crippen LogP contribution in [0.5, 0.6) is 0 Å². The molecule has 8 heteroatoms. The van der Waals surface area contributed by atoms with E-state index in [1.807, 2.05) is 18.2 Å². The average molecular weight is 468 g/mol. The number of para-hydroxylation sites is 1. The largest absolute Gasteiger partial charge is 0.336 e. The Morgan fingerprint density at radius 3 is 2.30 bits per heavy atom. The summed E-state index contributed by atoms with van der Waals surface area (Å²) in [4.78, 5) is 17.3.